The molecule has 1 aliphatic rings. The van der Waals surface area contributed by atoms with E-state index in [1.54, 1.807) is 49.4 Å². The molecular formula is C16H14N2O4. The van der Waals surface area contributed by atoms with Gasteiger partial charge in [0.15, 0.2) is 11.5 Å². The van der Waals surface area contributed by atoms with Crippen LogP contribution in [-0.2, 0) is 0 Å². The molecule has 6 heteroatoms. The summed E-state index contributed by atoms with van der Waals surface area (Å²) in [5.74, 6) is 0.962. The van der Waals surface area contributed by atoms with E-state index in [0.29, 0.717) is 22.8 Å². The molecule has 22 heavy (non-hydrogen) atoms. The summed E-state index contributed by atoms with van der Waals surface area (Å²) < 4.78 is 10.4. The first kappa shape index (κ1) is 13.9. The molecule has 1 amide bonds. The van der Waals surface area contributed by atoms with Crippen LogP contribution in [0, 0.1) is 0 Å². The lowest BCUT2D eigenvalue weighted by Gasteiger charge is -2.04. The van der Waals surface area contributed by atoms with Crippen molar-refractivity contribution in [2.75, 3.05) is 6.79 Å². The highest BCUT2D eigenvalue weighted by molar-refractivity contribution is 6.01. The molecule has 3 rings (SSSR count). The van der Waals surface area contributed by atoms with E-state index in [1.165, 1.54) is 0 Å². The summed E-state index contributed by atoms with van der Waals surface area (Å²) in [5.41, 5.74) is 4.22. The van der Waals surface area contributed by atoms with Crippen molar-refractivity contribution in [2.24, 2.45) is 5.10 Å². The Labute approximate surface area is 127 Å². The van der Waals surface area contributed by atoms with E-state index in [1.807, 2.05) is 0 Å². The lowest BCUT2D eigenvalue weighted by molar-refractivity contribution is 0.0954. The smallest absolute Gasteiger partial charge is 0.271 e. The fraction of sp³-hybridized carbons (Fsp3) is 0.125. The molecule has 1 aliphatic heterocycles. The number of phenols is 1. The molecule has 0 radical (unpaired) electrons. The first-order chi connectivity index (χ1) is 10.6. The fourth-order valence-corrected chi connectivity index (χ4v) is 2.03. The van der Waals surface area contributed by atoms with Crippen molar-refractivity contribution in [2.45, 2.75) is 6.92 Å². The van der Waals surface area contributed by atoms with Crippen LogP contribution < -0.4 is 14.9 Å². The van der Waals surface area contributed by atoms with Gasteiger partial charge in [-0.25, -0.2) is 5.43 Å². The third kappa shape index (κ3) is 2.85. The monoisotopic (exact) mass is 298 g/mol. The van der Waals surface area contributed by atoms with Crippen LogP contribution in [0.25, 0.3) is 0 Å². The van der Waals surface area contributed by atoms with Crippen LogP contribution in [-0.4, -0.2) is 23.5 Å². The zero-order valence-electron chi connectivity index (χ0n) is 11.9. The van der Waals surface area contributed by atoms with E-state index >= 15 is 0 Å². The normalized spacial score (nSPS) is 13.0. The van der Waals surface area contributed by atoms with Gasteiger partial charge in [-0.1, -0.05) is 12.1 Å². The van der Waals surface area contributed by atoms with Gasteiger partial charge in [0.2, 0.25) is 6.79 Å². The highest BCUT2D eigenvalue weighted by Crippen LogP contribution is 2.32. The summed E-state index contributed by atoms with van der Waals surface area (Å²) >= 11 is 0. The summed E-state index contributed by atoms with van der Waals surface area (Å²) in [6.45, 7) is 1.91. The van der Waals surface area contributed by atoms with Crippen LogP contribution in [0.5, 0.6) is 17.2 Å². The van der Waals surface area contributed by atoms with Crippen molar-refractivity contribution >= 4 is 11.6 Å². The first-order valence-corrected chi connectivity index (χ1v) is 6.67. The molecule has 6 nitrogen and oxygen atoms in total. The van der Waals surface area contributed by atoms with E-state index in [9.17, 15) is 9.90 Å². The second-order valence-corrected chi connectivity index (χ2v) is 4.76. The zero-order valence-corrected chi connectivity index (χ0v) is 11.9. The SMILES string of the molecule is C/C(=N/NC(=O)c1ccc2c(c1)OCO2)c1cccc(O)c1. The number of hydrogen-bond donors (Lipinski definition) is 2. The number of rotatable bonds is 3. The minimum absolute atomic E-state index is 0.147. The number of carbonyl (C=O) groups excluding carboxylic acids is 1. The first-order valence-electron chi connectivity index (χ1n) is 6.67. The lowest BCUT2D eigenvalue weighted by atomic mass is 10.1. The highest BCUT2D eigenvalue weighted by Gasteiger charge is 2.16. The Morgan fingerprint density at radius 2 is 1.95 bits per heavy atom. The van der Waals surface area contributed by atoms with Crippen LogP contribution in [0.2, 0.25) is 0 Å². The summed E-state index contributed by atoms with van der Waals surface area (Å²) in [5, 5.41) is 13.5. The summed E-state index contributed by atoms with van der Waals surface area (Å²) in [7, 11) is 0. The third-order valence-electron chi connectivity index (χ3n) is 3.22. The fourth-order valence-electron chi connectivity index (χ4n) is 2.03. The zero-order chi connectivity index (χ0) is 15.5. The average Bonchev–Trinajstić information content (AvgIpc) is 2.99. The van der Waals surface area contributed by atoms with Gasteiger partial charge < -0.3 is 14.6 Å². The number of nitrogens with one attached hydrogen (secondary N) is 1. The Kier molecular flexibility index (Phi) is 3.65. The maximum absolute atomic E-state index is 12.1. The Balaban J connectivity index is 1.73. The number of benzene rings is 2. The molecular weight excluding hydrogens is 284 g/mol. The molecule has 0 atom stereocenters. The van der Waals surface area contributed by atoms with Crippen LogP contribution in [0.1, 0.15) is 22.8 Å². The number of aromatic hydroxyl groups is 1. The standard InChI is InChI=1S/C16H14N2O4/c1-10(11-3-2-4-13(19)7-11)17-18-16(20)12-5-6-14-15(8-12)22-9-21-14/h2-8,19H,9H2,1H3,(H,18,20)/b17-10-. The van der Waals surface area contributed by atoms with Crippen molar-refractivity contribution in [1.82, 2.24) is 5.43 Å². The Bertz CT molecular complexity index is 756. The Morgan fingerprint density at radius 1 is 1.14 bits per heavy atom. The molecule has 0 bridgehead atoms. The quantitative estimate of drug-likeness (QED) is 0.673. The van der Waals surface area contributed by atoms with E-state index < -0.39 is 0 Å². The van der Waals surface area contributed by atoms with Crippen LogP contribution in [0.15, 0.2) is 47.6 Å². The van der Waals surface area contributed by atoms with E-state index in [0.717, 1.165) is 5.56 Å². The predicted molar refractivity (Wildman–Crippen MR) is 80.3 cm³/mol. The van der Waals surface area contributed by atoms with Crippen molar-refractivity contribution in [3.05, 3.63) is 53.6 Å². The maximum Gasteiger partial charge on any atom is 0.271 e. The highest BCUT2D eigenvalue weighted by atomic mass is 16.7. The van der Waals surface area contributed by atoms with Gasteiger partial charge in [0.1, 0.15) is 5.75 Å². The van der Waals surface area contributed by atoms with Gasteiger partial charge in [0.25, 0.3) is 5.91 Å². The number of phenolic OH excluding ortho intramolecular Hbond substituents is 1. The van der Waals surface area contributed by atoms with Crippen LogP contribution >= 0.6 is 0 Å². The van der Waals surface area contributed by atoms with E-state index in [-0.39, 0.29) is 18.4 Å². The Morgan fingerprint density at radius 3 is 2.77 bits per heavy atom. The summed E-state index contributed by atoms with van der Waals surface area (Å²) in [4.78, 5) is 12.1. The largest absolute Gasteiger partial charge is 0.508 e. The number of nitrogens with zero attached hydrogens (tertiary/aromatic N) is 1. The van der Waals surface area contributed by atoms with Crippen molar-refractivity contribution < 1.29 is 19.4 Å². The molecule has 0 aliphatic carbocycles. The molecule has 0 saturated heterocycles. The van der Waals surface area contributed by atoms with Gasteiger partial charge in [-0.2, -0.15) is 5.10 Å². The molecule has 0 saturated carbocycles. The number of hydrazone groups is 1. The molecule has 2 N–H and O–H groups in total. The van der Waals surface area contributed by atoms with Gasteiger partial charge in [-0.05, 0) is 37.3 Å². The minimum Gasteiger partial charge on any atom is -0.508 e. The molecule has 112 valence electrons. The maximum atomic E-state index is 12.1. The van der Waals surface area contributed by atoms with Crippen molar-refractivity contribution in [3.8, 4) is 17.2 Å². The van der Waals surface area contributed by atoms with Crippen molar-refractivity contribution in [3.63, 3.8) is 0 Å². The summed E-state index contributed by atoms with van der Waals surface area (Å²) in [6, 6.07) is 11.6. The van der Waals surface area contributed by atoms with Crippen LogP contribution in [0.4, 0.5) is 0 Å². The molecule has 2 aromatic rings. The minimum atomic E-state index is -0.349. The van der Waals surface area contributed by atoms with Crippen molar-refractivity contribution in [1.29, 1.82) is 0 Å². The predicted octanol–water partition coefficient (Wildman–Crippen LogP) is 2.27. The lowest BCUT2D eigenvalue weighted by Crippen LogP contribution is -2.19. The van der Waals surface area contributed by atoms with E-state index in [4.69, 9.17) is 9.47 Å². The van der Waals surface area contributed by atoms with Gasteiger partial charge in [-0.3, -0.25) is 4.79 Å². The van der Waals surface area contributed by atoms with Crippen LogP contribution in [0.3, 0.4) is 0 Å². The number of fused-ring (bicyclic) bond motifs is 1. The topological polar surface area (TPSA) is 80.2 Å². The molecule has 0 spiro atoms. The second kappa shape index (κ2) is 5.77. The molecule has 0 fully saturated rings. The van der Waals surface area contributed by atoms with Gasteiger partial charge in [-0.15, -0.1) is 0 Å². The van der Waals surface area contributed by atoms with Gasteiger partial charge >= 0.3 is 0 Å². The summed E-state index contributed by atoms with van der Waals surface area (Å²) in [6.07, 6.45) is 0. The molecule has 0 unspecified atom stereocenters. The number of ether oxygens (including phenoxy) is 2. The average molecular weight is 298 g/mol. The third-order valence-corrected chi connectivity index (χ3v) is 3.22. The molecule has 1 heterocycles. The van der Waals surface area contributed by atoms with E-state index in [2.05, 4.69) is 10.5 Å². The Hall–Kier alpha value is -3.02. The van der Waals surface area contributed by atoms with Gasteiger partial charge in [0, 0.05) is 11.1 Å². The second-order valence-electron chi connectivity index (χ2n) is 4.76. The molecule has 0 aromatic heterocycles. The number of carbonyl (C=O) groups is 1. The molecule has 2 aromatic carbocycles. The van der Waals surface area contributed by atoms with Gasteiger partial charge in [0.05, 0.1) is 5.71 Å². The number of amides is 1. The number of hydrogen-bond acceptors (Lipinski definition) is 5.